The molecule has 0 aliphatic carbocycles. The number of aliphatic carboxylic acids is 1. The van der Waals surface area contributed by atoms with Gasteiger partial charge in [0.15, 0.2) is 0 Å². The van der Waals surface area contributed by atoms with Crippen molar-refractivity contribution in [2.45, 2.75) is 62.7 Å². The summed E-state index contributed by atoms with van der Waals surface area (Å²) in [6, 6.07) is 3.62. The number of carboxylic acids is 1. The first-order valence-corrected chi connectivity index (χ1v) is 14.2. The number of nitrogens with zero attached hydrogens (tertiary/aromatic N) is 1. The van der Waals surface area contributed by atoms with Crippen molar-refractivity contribution in [2.24, 2.45) is 11.5 Å². The minimum absolute atomic E-state index is 0.109. The van der Waals surface area contributed by atoms with Crippen molar-refractivity contribution in [1.29, 1.82) is 0 Å². The average Bonchev–Trinajstić information content (AvgIpc) is 3.55. The highest BCUT2D eigenvalue weighted by Gasteiger charge is 2.38. The smallest absolute Gasteiger partial charge is 0.326 e. The van der Waals surface area contributed by atoms with Crippen molar-refractivity contribution in [1.82, 2.24) is 20.5 Å². The maximum Gasteiger partial charge on any atom is 0.326 e. The lowest BCUT2D eigenvalue weighted by molar-refractivity contribution is -0.143. The number of primary amides is 1. The first kappa shape index (κ1) is 30.0. The van der Waals surface area contributed by atoms with Crippen molar-refractivity contribution >= 4 is 52.3 Å². The fourth-order valence-electron chi connectivity index (χ4n) is 4.73. The first-order valence-electron chi connectivity index (χ1n) is 12.8. The maximum absolute atomic E-state index is 13.3. The van der Waals surface area contributed by atoms with Crippen LogP contribution < -0.4 is 22.1 Å². The minimum atomic E-state index is -1.20. The average molecular weight is 561 g/mol. The number of hydrogen-bond acceptors (Lipinski definition) is 7. The molecule has 1 saturated heterocycles. The molecule has 0 radical (unpaired) electrons. The van der Waals surface area contributed by atoms with Crippen LogP contribution in [0.25, 0.3) is 10.9 Å². The van der Waals surface area contributed by atoms with E-state index in [4.69, 9.17) is 11.5 Å². The molecule has 3 rings (SSSR count). The van der Waals surface area contributed by atoms with Gasteiger partial charge in [0, 0.05) is 30.1 Å². The fraction of sp³-hybridized carbons (Fsp3) is 0.500. The third kappa shape index (κ3) is 7.96. The lowest BCUT2D eigenvalue weighted by Gasteiger charge is -2.28. The molecule has 8 N–H and O–H groups in total. The van der Waals surface area contributed by atoms with Gasteiger partial charge in [-0.3, -0.25) is 19.2 Å². The van der Waals surface area contributed by atoms with Gasteiger partial charge in [0.05, 0.1) is 6.04 Å². The Balaban J connectivity index is 1.68. The van der Waals surface area contributed by atoms with Gasteiger partial charge >= 0.3 is 5.97 Å². The summed E-state index contributed by atoms with van der Waals surface area (Å²) in [5, 5.41) is 15.5. The number of H-pyrrole nitrogens is 1. The highest BCUT2D eigenvalue weighted by atomic mass is 32.2. The molecule has 4 amide bonds. The van der Waals surface area contributed by atoms with Crippen LogP contribution in [-0.2, 0) is 30.4 Å². The van der Waals surface area contributed by atoms with E-state index in [1.807, 2.05) is 36.7 Å². The summed E-state index contributed by atoms with van der Waals surface area (Å²) in [6.45, 7) is 0.340. The number of rotatable bonds is 14. The predicted octanol–water partition coefficient (Wildman–Crippen LogP) is 0.102. The fourth-order valence-corrected chi connectivity index (χ4v) is 5.20. The quantitative estimate of drug-likeness (QED) is 0.187. The normalized spacial score (nSPS) is 17.4. The summed E-state index contributed by atoms with van der Waals surface area (Å²) in [6.07, 6.45) is 4.77. The van der Waals surface area contributed by atoms with Gasteiger partial charge in [-0.1, -0.05) is 18.2 Å². The van der Waals surface area contributed by atoms with E-state index < -0.39 is 47.9 Å². The number of thioether (sulfide) groups is 1. The van der Waals surface area contributed by atoms with Gasteiger partial charge in [-0.2, -0.15) is 11.8 Å². The Morgan fingerprint density at radius 1 is 1.15 bits per heavy atom. The van der Waals surface area contributed by atoms with Gasteiger partial charge in [0.25, 0.3) is 0 Å². The van der Waals surface area contributed by atoms with Crippen LogP contribution in [0.1, 0.15) is 37.7 Å². The minimum Gasteiger partial charge on any atom is -0.480 e. The topological polar surface area (TPSA) is 201 Å². The number of aromatic nitrogens is 1. The monoisotopic (exact) mass is 560 g/mol. The van der Waals surface area contributed by atoms with E-state index in [2.05, 4.69) is 15.6 Å². The molecule has 1 aliphatic rings. The number of nitrogens with one attached hydrogen (secondary N) is 3. The van der Waals surface area contributed by atoms with E-state index in [1.165, 1.54) is 16.7 Å². The van der Waals surface area contributed by atoms with Crippen molar-refractivity contribution < 1.29 is 29.1 Å². The third-order valence-corrected chi connectivity index (χ3v) is 7.45. The zero-order chi connectivity index (χ0) is 28.5. The molecule has 0 bridgehead atoms. The number of carbonyl (C=O) groups is 5. The van der Waals surface area contributed by atoms with Crippen LogP contribution in [-0.4, -0.2) is 87.3 Å². The van der Waals surface area contributed by atoms with Gasteiger partial charge < -0.3 is 37.1 Å². The third-order valence-electron chi connectivity index (χ3n) is 6.81. The molecule has 1 fully saturated rings. The second kappa shape index (κ2) is 14.0. The lowest BCUT2D eigenvalue weighted by Crippen LogP contribution is -2.57. The molecular formula is C26H36N6O6S. The summed E-state index contributed by atoms with van der Waals surface area (Å²) in [4.78, 5) is 67.0. The second-order valence-electron chi connectivity index (χ2n) is 9.61. The van der Waals surface area contributed by atoms with E-state index in [9.17, 15) is 29.1 Å². The molecule has 4 unspecified atom stereocenters. The number of aromatic amines is 1. The summed E-state index contributed by atoms with van der Waals surface area (Å²) in [7, 11) is 0. The van der Waals surface area contributed by atoms with Gasteiger partial charge in [0.2, 0.25) is 23.6 Å². The van der Waals surface area contributed by atoms with Crippen LogP contribution in [0.5, 0.6) is 0 Å². The molecule has 0 saturated carbocycles. The predicted molar refractivity (Wildman–Crippen MR) is 148 cm³/mol. The molecule has 4 atom stereocenters. The molecule has 1 aromatic carbocycles. The SMILES string of the molecule is CSCCC(NC(=O)C(CCC(N)=O)NC(=O)C1CCCN1C(=O)C(N)Cc1c[nH]c2ccccc12)C(=O)O. The highest BCUT2D eigenvalue weighted by molar-refractivity contribution is 7.98. The highest BCUT2D eigenvalue weighted by Crippen LogP contribution is 2.22. The number of nitrogens with two attached hydrogens (primary N) is 2. The van der Waals surface area contributed by atoms with E-state index in [0.717, 1.165) is 16.5 Å². The number of carboxylic acid groups (broad SMARTS) is 1. The Kier molecular flexibility index (Phi) is 10.8. The number of hydrogen-bond donors (Lipinski definition) is 6. The van der Waals surface area contributed by atoms with Crippen molar-refractivity contribution in [3.05, 3.63) is 36.0 Å². The number of para-hydroxylation sites is 1. The molecule has 1 aromatic heterocycles. The molecule has 2 heterocycles. The van der Waals surface area contributed by atoms with Crippen LogP contribution in [0, 0.1) is 0 Å². The van der Waals surface area contributed by atoms with Gasteiger partial charge in [-0.15, -0.1) is 0 Å². The van der Waals surface area contributed by atoms with Gasteiger partial charge in [0.1, 0.15) is 18.1 Å². The Morgan fingerprint density at radius 2 is 1.90 bits per heavy atom. The van der Waals surface area contributed by atoms with Crippen LogP contribution in [0.4, 0.5) is 0 Å². The molecule has 212 valence electrons. The summed E-state index contributed by atoms with van der Waals surface area (Å²) >= 11 is 1.44. The standard InChI is InChI=1S/C26H36N6O6S/c1-39-12-10-20(26(37)38)31-23(34)19(8-9-22(28)33)30-24(35)21-7-4-11-32(21)25(36)17(27)13-15-14-29-18-6-3-2-5-16(15)18/h2-3,5-6,14,17,19-21,29H,4,7-13,27H2,1H3,(H2,28,33)(H,30,35)(H,31,34)(H,37,38). The zero-order valence-electron chi connectivity index (χ0n) is 21.9. The molecule has 1 aliphatic heterocycles. The Labute approximate surface area is 230 Å². The molecule has 0 spiro atoms. The first-order chi connectivity index (χ1) is 18.6. The molecule has 39 heavy (non-hydrogen) atoms. The maximum atomic E-state index is 13.3. The van der Waals surface area contributed by atoms with Gasteiger partial charge in [-0.25, -0.2) is 4.79 Å². The summed E-state index contributed by atoms with van der Waals surface area (Å²) in [5.74, 6) is -3.04. The van der Waals surface area contributed by atoms with Crippen molar-refractivity contribution in [3.63, 3.8) is 0 Å². The zero-order valence-corrected chi connectivity index (χ0v) is 22.7. The summed E-state index contributed by atoms with van der Waals surface area (Å²) < 4.78 is 0. The number of benzene rings is 1. The van der Waals surface area contributed by atoms with E-state index in [-0.39, 0.29) is 31.6 Å². The Bertz CT molecular complexity index is 1200. The molecule has 13 heteroatoms. The second-order valence-corrected chi connectivity index (χ2v) is 10.6. The van der Waals surface area contributed by atoms with E-state index >= 15 is 0 Å². The number of likely N-dealkylation sites (tertiary alicyclic amines) is 1. The van der Waals surface area contributed by atoms with E-state index in [1.54, 1.807) is 0 Å². The number of amides is 4. The largest absolute Gasteiger partial charge is 0.480 e. The van der Waals surface area contributed by atoms with Crippen LogP contribution in [0.15, 0.2) is 30.5 Å². The molecular weight excluding hydrogens is 524 g/mol. The van der Waals surface area contributed by atoms with Crippen LogP contribution in [0.2, 0.25) is 0 Å². The lowest BCUT2D eigenvalue weighted by atomic mass is 10.0. The van der Waals surface area contributed by atoms with Gasteiger partial charge in [-0.05, 0) is 55.7 Å². The van der Waals surface area contributed by atoms with Crippen molar-refractivity contribution in [3.8, 4) is 0 Å². The molecule has 12 nitrogen and oxygen atoms in total. The van der Waals surface area contributed by atoms with Crippen LogP contribution in [0.3, 0.4) is 0 Å². The number of fused-ring (bicyclic) bond motifs is 1. The summed E-state index contributed by atoms with van der Waals surface area (Å²) in [5.41, 5.74) is 13.4. The number of carbonyl (C=O) groups excluding carboxylic acids is 4. The van der Waals surface area contributed by atoms with E-state index in [0.29, 0.717) is 25.1 Å². The Morgan fingerprint density at radius 3 is 2.59 bits per heavy atom. The Hall–Kier alpha value is -3.58. The van der Waals surface area contributed by atoms with Crippen LogP contribution >= 0.6 is 11.8 Å². The molecule has 2 aromatic rings. The van der Waals surface area contributed by atoms with Crippen molar-refractivity contribution in [2.75, 3.05) is 18.6 Å².